The first-order valence-corrected chi connectivity index (χ1v) is 6.68. The highest BCUT2D eigenvalue weighted by Gasteiger charge is 2.36. The molecule has 1 aliphatic carbocycles. The number of nitrogens with zero attached hydrogens (tertiary/aromatic N) is 1. The molecule has 1 aliphatic rings. The Morgan fingerprint density at radius 3 is 2.36 bits per heavy atom. The summed E-state index contributed by atoms with van der Waals surface area (Å²) in [4.78, 5) is 0. The maximum absolute atomic E-state index is 11.7. The molecule has 84 valence electrons. The van der Waals surface area contributed by atoms with Crippen LogP contribution in [0, 0.1) is 5.92 Å². The average Bonchev–Trinajstić information content (AvgIpc) is 2.81. The first-order chi connectivity index (χ1) is 6.47. The number of aliphatic hydroxyl groups excluding tert-OH is 1. The van der Waals surface area contributed by atoms with E-state index in [2.05, 4.69) is 0 Å². The van der Waals surface area contributed by atoms with E-state index in [0.29, 0.717) is 12.5 Å². The van der Waals surface area contributed by atoms with Gasteiger partial charge in [0.1, 0.15) is 0 Å². The van der Waals surface area contributed by atoms with Crippen LogP contribution in [0.15, 0.2) is 0 Å². The van der Waals surface area contributed by atoms with Crippen molar-refractivity contribution in [3.8, 4) is 0 Å². The van der Waals surface area contributed by atoms with E-state index in [0.717, 1.165) is 12.8 Å². The Balaban J connectivity index is 2.66. The zero-order valence-corrected chi connectivity index (χ0v) is 9.63. The fraction of sp³-hybridized carbons (Fsp3) is 1.00. The Labute approximate surface area is 86.0 Å². The molecule has 1 saturated carbocycles. The minimum absolute atomic E-state index is 0.143. The highest BCUT2D eigenvalue weighted by molar-refractivity contribution is 7.89. The molecule has 5 heteroatoms. The van der Waals surface area contributed by atoms with Gasteiger partial charge >= 0.3 is 0 Å². The maximum Gasteiger partial charge on any atom is 0.216 e. The SMILES string of the molecule is CC(C)CN(C1CC1)S(=O)(=O)CCO. The predicted molar refractivity (Wildman–Crippen MR) is 55.4 cm³/mol. The fourth-order valence-electron chi connectivity index (χ4n) is 1.44. The Morgan fingerprint density at radius 1 is 1.43 bits per heavy atom. The molecule has 0 radical (unpaired) electrons. The Kier molecular flexibility index (Phi) is 3.92. The third-order valence-electron chi connectivity index (χ3n) is 2.21. The summed E-state index contributed by atoms with van der Waals surface area (Å²) in [5.41, 5.74) is 0. The van der Waals surface area contributed by atoms with Crippen LogP contribution in [-0.2, 0) is 10.0 Å². The molecule has 0 saturated heterocycles. The molecule has 0 aromatic rings. The Bertz CT molecular complexity index is 270. The second-order valence-corrected chi connectivity index (χ2v) is 6.28. The molecule has 0 atom stereocenters. The van der Waals surface area contributed by atoms with Gasteiger partial charge in [0.2, 0.25) is 10.0 Å². The van der Waals surface area contributed by atoms with Crippen molar-refractivity contribution in [1.82, 2.24) is 4.31 Å². The van der Waals surface area contributed by atoms with E-state index in [4.69, 9.17) is 5.11 Å². The van der Waals surface area contributed by atoms with Crippen LogP contribution in [0.4, 0.5) is 0 Å². The van der Waals surface area contributed by atoms with Gasteiger partial charge in [-0.25, -0.2) is 8.42 Å². The number of aliphatic hydroxyl groups is 1. The summed E-state index contributed by atoms with van der Waals surface area (Å²) in [5, 5.41) is 8.68. The lowest BCUT2D eigenvalue weighted by molar-refractivity contribution is 0.309. The van der Waals surface area contributed by atoms with E-state index in [1.54, 1.807) is 4.31 Å². The molecule has 0 heterocycles. The van der Waals surface area contributed by atoms with Gasteiger partial charge in [0.25, 0.3) is 0 Å². The zero-order chi connectivity index (χ0) is 10.8. The van der Waals surface area contributed by atoms with Gasteiger partial charge in [-0.1, -0.05) is 13.8 Å². The van der Waals surface area contributed by atoms with Crippen LogP contribution in [0.25, 0.3) is 0 Å². The minimum Gasteiger partial charge on any atom is -0.395 e. The molecule has 0 aliphatic heterocycles. The molecular formula is C9H19NO3S. The molecule has 14 heavy (non-hydrogen) atoms. The minimum atomic E-state index is -3.22. The molecule has 0 spiro atoms. The number of sulfonamides is 1. The van der Waals surface area contributed by atoms with Crippen LogP contribution >= 0.6 is 0 Å². The van der Waals surface area contributed by atoms with Gasteiger partial charge in [0, 0.05) is 12.6 Å². The van der Waals surface area contributed by atoms with E-state index in [9.17, 15) is 8.42 Å². The van der Waals surface area contributed by atoms with Gasteiger partial charge in [-0.05, 0) is 18.8 Å². The fourth-order valence-corrected chi connectivity index (χ4v) is 3.10. The smallest absolute Gasteiger partial charge is 0.216 e. The number of hydrogen-bond donors (Lipinski definition) is 1. The first-order valence-electron chi connectivity index (χ1n) is 5.07. The highest BCUT2D eigenvalue weighted by Crippen LogP contribution is 2.30. The van der Waals surface area contributed by atoms with Crippen molar-refractivity contribution < 1.29 is 13.5 Å². The van der Waals surface area contributed by atoms with Crippen molar-refractivity contribution in [3.05, 3.63) is 0 Å². The molecule has 1 rings (SSSR count). The Morgan fingerprint density at radius 2 is 2.00 bits per heavy atom. The Hall–Kier alpha value is -0.130. The van der Waals surface area contributed by atoms with Gasteiger partial charge in [-0.15, -0.1) is 0 Å². The highest BCUT2D eigenvalue weighted by atomic mass is 32.2. The third kappa shape index (κ3) is 3.22. The van der Waals surface area contributed by atoms with Crippen LogP contribution < -0.4 is 0 Å². The van der Waals surface area contributed by atoms with Crippen LogP contribution in [0.5, 0.6) is 0 Å². The molecule has 0 unspecified atom stereocenters. The molecule has 0 amide bonds. The molecular weight excluding hydrogens is 202 g/mol. The van der Waals surface area contributed by atoms with Crippen molar-refractivity contribution in [3.63, 3.8) is 0 Å². The van der Waals surface area contributed by atoms with Crippen molar-refractivity contribution >= 4 is 10.0 Å². The molecule has 4 nitrogen and oxygen atoms in total. The van der Waals surface area contributed by atoms with Crippen LogP contribution in [0.2, 0.25) is 0 Å². The third-order valence-corrected chi connectivity index (χ3v) is 4.07. The van der Waals surface area contributed by atoms with Crippen LogP contribution in [0.1, 0.15) is 26.7 Å². The largest absolute Gasteiger partial charge is 0.395 e. The average molecular weight is 221 g/mol. The second kappa shape index (κ2) is 4.59. The van der Waals surface area contributed by atoms with Gasteiger partial charge in [-0.2, -0.15) is 4.31 Å². The molecule has 1 N–H and O–H groups in total. The van der Waals surface area contributed by atoms with E-state index in [-0.39, 0.29) is 18.4 Å². The standard InChI is InChI=1S/C9H19NO3S/c1-8(2)7-10(9-3-4-9)14(12,13)6-5-11/h8-9,11H,3-7H2,1-2H3. The summed E-state index contributed by atoms with van der Waals surface area (Å²) in [6, 6.07) is 0.203. The molecule has 0 bridgehead atoms. The van der Waals surface area contributed by atoms with E-state index in [1.165, 1.54) is 0 Å². The van der Waals surface area contributed by atoms with Gasteiger partial charge in [-0.3, -0.25) is 0 Å². The summed E-state index contributed by atoms with van der Waals surface area (Å²) >= 11 is 0. The van der Waals surface area contributed by atoms with Crippen LogP contribution in [-0.4, -0.2) is 42.8 Å². The summed E-state index contributed by atoms with van der Waals surface area (Å²) in [5.74, 6) is 0.194. The van der Waals surface area contributed by atoms with Gasteiger partial charge in [0.05, 0.1) is 12.4 Å². The van der Waals surface area contributed by atoms with E-state index >= 15 is 0 Å². The first kappa shape index (κ1) is 11.9. The van der Waals surface area contributed by atoms with Crippen LogP contribution in [0.3, 0.4) is 0 Å². The van der Waals surface area contributed by atoms with Crippen molar-refractivity contribution in [2.24, 2.45) is 5.92 Å². The van der Waals surface area contributed by atoms with E-state index in [1.807, 2.05) is 13.8 Å². The predicted octanol–water partition coefficient (Wildman–Crippen LogP) is 0.429. The monoisotopic (exact) mass is 221 g/mol. The lowest BCUT2D eigenvalue weighted by Crippen LogP contribution is -2.38. The molecule has 0 aromatic carbocycles. The molecule has 1 fully saturated rings. The summed E-state index contributed by atoms with van der Waals surface area (Å²) in [7, 11) is -3.22. The summed E-state index contributed by atoms with van der Waals surface area (Å²) in [6.45, 7) is 4.30. The summed E-state index contributed by atoms with van der Waals surface area (Å²) < 4.78 is 25.0. The lowest BCUT2D eigenvalue weighted by Gasteiger charge is -2.23. The zero-order valence-electron chi connectivity index (χ0n) is 8.81. The lowest BCUT2D eigenvalue weighted by atomic mass is 10.2. The van der Waals surface area contributed by atoms with Gasteiger partial charge < -0.3 is 5.11 Å². The summed E-state index contributed by atoms with van der Waals surface area (Å²) in [6.07, 6.45) is 1.94. The normalized spacial score (nSPS) is 18.1. The number of rotatable bonds is 6. The van der Waals surface area contributed by atoms with Crippen molar-refractivity contribution in [2.45, 2.75) is 32.7 Å². The molecule has 0 aromatic heterocycles. The van der Waals surface area contributed by atoms with E-state index < -0.39 is 10.0 Å². The quantitative estimate of drug-likeness (QED) is 0.707. The second-order valence-electron chi connectivity index (χ2n) is 4.23. The van der Waals surface area contributed by atoms with Gasteiger partial charge in [0.15, 0.2) is 0 Å². The van der Waals surface area contributed by atoms with Crippen molar-refractivity contribution in [2.75, 3.05) is 18.9 Å². The number of hydrogen-bond acceptors (Lipinski definition) is 3. The topological polar surface area (TPSA) is 57.6 Å². The van der Waals surface area contributed by atoms with Crippen molar-refractivity contribution in [1.29, 1.82) is 0 Å². The maximum atomic E-state index is 11.7.